The molecule has 2 unspecified atom stereocenters. The molecule has 0 spiro atoms. The van der Waals surface area contributed by atoms with Gasteiger partial charge in [-0.3, -0.25) is 0 Å². The molecule has 0 aliphatic carbocycles. The van der Waals surface area contributed by atoms with Crippen LogP contribution in [0.15, 0.2) is 48.6 Å². The molecule has 0 saturated heterocycles. The first kappa shape index (κ1) is 40.8. The summed E-state index contributed by atoms with van der Waals surface area (Å²) in [6.45, 7) is 4.52. The minimum atomic E-state index is -0.638. The third-order valence-electron chi connectivity index (χ3n) is 8.62. The predicted molar refractivity (Wildman–Crippen MR) is 190 cm³/mol. The molecule has 0 aliphatic rings. The molecule has 0 amide bonds. The largest absolute Gasteiger partial charge is 0.394 e. The van der Waals surface area contributed by atoms with Gasteiger partial charge in [0, 0.05) is 6.04 Å². The van der Waals surface area contributed by atoms with Gasteiger partial charge in [-0.1, -0.05) is 172 Å². The van der Waals surface area contributed by atoms with E-state index in [-0.39, 0.29) is 12.6 Å². The van der Waals surface area contributed by atoms with E-state index >= 15 is 0 Å². The molecule has 42 heavy (non-hydrogen) atoms. The Balaban J connectivity index is 3.72. The zero-order valence-corrected chi connectivity index (χ0v) is 28.4. The smallest absolute Gasteiger partial charge is 0.0626 e. The van der Waals surface area contributed by atoms with Gasteiger partial charge < -0.3 is 16.6 Å². The molecule has 246 valence electrons. The number of rotatable bonds is 32. The van der Waals surface area contributed by atoms with Crippen molar-refractivity contribution in [3.05, 3.63) is 48.6 Å². The number of aliphatic hydroxyl groups excluding tert-OH is 1. The van der Waals surface area contributed by atoms with Crippen LogP contribution < -0.4 is 11.5 Å². The van der Waals surface area contributed by atoms with E-state index in [0.29, 0.717) is 0 Å². The Morgan fingerprint density at radius 1 is 0.500 bits per heavy atom. The Kier molecular flexibility index (Phi) is 31.8. The lowest BCUT2D eigenvalue weighted by atomic mass is 9.84. The zero-order chi connectivity index (χ0) is 30.8. The van der Waals surface area contributed by atoms with Crippen LogP contribution in [-0.4, -0.2) is 23.3 Å². The highest BCUT2D eigenvalue weighted by molar-refractivity contribution is 4.99. The summed E-state index contributed by atoms with van der Waals surface area (Å²) in [6.07, 6.45) is 50.3. The van der Waals surface area contributed by atoms with Crippen molar-refractivity contribution in [2.75, 3.05) is 6.61 Å². The van der Waals surface area contributed by atoms with Crippen molar-refractivity contribution < 1.29 is 5.11 Å². The summed E-state index contributed by atoms with van der Waals surface area (Å²) < 4.78 is 0. The minimum absolute atomic E-state index is 0.0168. The fourth-order valence-electron chi connectivity index (χ4n) is 5.51. The molecule has 3 nitrogen and oxygen atoms in total. The number of unbranched alkanes of at least 4 members (excludes halogenated alkanes) is 18. The van der Waals surface area contributed by atoms with E-state index in [1.165, 1.54) is 109 Å². The Morgan fingerprint density at radius 2 is 0.857 bits per heavy atom. The van der Waals surface area contributed by atoms with Crippen LogP contribution in [0.25, 0.3) is 0 Å². The van der Waals surface area contributed by atoms with Crippen LogP contribution in [0.4, 0.5) is 0 Å². The molecule has 3 heteroatoms. The summed E-state index contributed by atoms with van der Waals surface area (Å²) in [4.78, 5) is 0. The van der Waals surface area contributed by atoms with Gasteiger partial charge in [0.05, 0.1) is 12.1 Å². The Bertz CT molecular complexity index is 653. The van der Waals surface area contributed by atoms with Gasteiger partial charge >= 0.3 is 0 Å². The Morgan fingerprint density at radius 3 is 1.29 bits per heavy atom. The quantitative estimate of drug-likeness (QED) is 0.0542. The van der Waals surface area contributed by atoms with E-state index in [1.807, 2.05) is 0 Å². The average Bonchev–Trinajstić information content (AvgIpc) is 3.00. The first-order valence-electron chi connectivity index (χ1n) is 18.4. The van der Waals surface area contributed by atoms with Gasteiger partial charge in [-0.05, 0) is 57.8 Å². The Labute approximate surface area is 263 Å². The SMILES string of the molecule is CCCCC/C=C\C/C=C\C/C=C\C/C=C\CCCCC(N)(CO)C(N)CCCCCCCCCCCCCCCC. The normalized spacial score (nSPS) is 14.7. The molecule has 0 fully saturated rings. The van der Waals surface area contributed by atoms with E-state index in [0.717, 1.165) is 57.8 Å². The Hall–Kier alpha value is -1.16. The van der Waals surface area contributed by atoms with Crippen LogP contribution in [0.1, 0.15) is 181 Å². The molecule has 0 aromatic rings. The molecular weight excluding hydrogens is 512 g/mol. The van der Waals surface area contributed by atoms with Gasteiger partial charge in [0.25, 0.3) is 0 Å². The molecule has 5 N–H and O–H groups in total. The van der Waals surface area contributed by atoms with Gasteiger partial charge in [-0.25, -0.2) is 0 Å². The molecular formula is C39H74N2O. The van der Waals surface area contributed by atoms with Gasteiger partial charge in [0.15, 0.2) is 0 Å². The maximum atomic E-state index is 9.98. The second kappa shape index (κ2) is 32.7. The summed E-state index contributed by atoms with van der Waals surface area (Å²) in [7, 11) is 0. The van der Waals surface area contributed by atoms with Crippen molar-refractivity contribution in [1.29, 1.82) is 0 Å². The maximum Gasteiger partial charge on any atom is 0.0626 e. The number of aliphatic hydroxyl groups is 1. The molecule has 0 rings (SSSR count). The number of hydrogen-bond donors (Lipinski definition) is 3. The zero-order valence-electron chi connectivity index (χ0n) is 28.4. The fourth-order valence-corrected chi connectivity index (χ4v) is 5.51. The van der Waals surface area contributed by atoms with Crippen LogP contribution in [-0.2, 0) is 0 Å². The van der Waals surface area contributed by atoms with Gasteiger partial charge in [-0.15, -0.1) is 0 Å². The van der Waals surface area contributed by atoms with Crippen LogP contribution in [0.2, 0.25) is 0 Å². The summed E-state index contributed by atoms with van der Waals surface area (Å²) >= 11 is 0. The molecule has 0 heterocycles. The minimum Gasteiger partial charge on any atom is -0.394 e. The lowest BCUT2D eigenvalue weighted by molar-refractivity contribution is 0.154. The number of hydrogen-bond acceptors (Lipinski definition) is 3. The fraction of sp³-hybridized carbons (Fsp3) is 0.795. The lowest BCUT2D eigenvalue weighted by Crippen LogP contribution is -2.58. The van der Waals surface area contributed by atoms with E-state index < -0.39 is 5.54 Å². The summed E-state index contributed by atoms with van der Waals surface area (Å²) in [5, 5.41) is 9.98. The third-order valence-corrected chi connectivity index (χ3v) is 8.62. The molecule has 0 aliphatic heterocycles. The lowest BCUT2D eigenvalue weighted by Gasteiger charge is -2.34. The van der Waals surface area contributed by atoms with E-state index in [2.05, 4.69) is 62.5 Å². The van der Waals surface area contributed by atoms with Gasteiger partial charge in [0.1, 0.15) is 0 Å². The topological polar surface area (TPSA) is 72.3 Å². The summed E-state index contributed by atoms with van der Waals surface area (Å²) in [5.74, 6) is 0. The molecule has 2 atom stereocenters. The van der Waals surface area contributed by atoms with Crippen molar-refractivity contribution in [2.24, 2.45) is 11.5 Å². The highest BCUT2D eigenvalue weighted by Gasteiger charge is 2.30. The van der Waals surface area contributed by atoms with Gasteiger partial charge in [0.2, 0.25) is 0 Å². The van der Waals surface area contributed by atoms with Crippen molar-refractivity contribution in [3.63, 3.8) is 0 Å². The predicted octanol–water partition coefficient (Wildman–Crippen LogP) is 11.4. The van der Waals surface area contributed by atoms with Crippen LogP contribution in [0.5, 0.6) is 0 Å². The second-order valence-corrected chi connectivity index (χ2v) is 12.7. The second-order valence-electron chi connectivity index (χ2n) is 12.7. The molecule has 0 saturated carbocycles. The summed E-state index contributed by atoms with van der Waals surface area (Å²) in [5.41, 5.74) is 12.4. The van der Waals surface area contributed by atoms with E-state index in [4.69, 9.17) is 11.5 Å². The standard InChI is InChI=1S/C39H74N2O/c1-3-5-7-9-11-13-15-17-19-20-21-22-24-26-28-30-32-34-36-39(41,37-42)38(40)35-33-31-29-27-25-23-18-16-14-12-10-8-6-4-2/h11,13,17,19,21-22,26,28,38,42H,3-10,12,14-16,18,20,23-25,27,29-37,40-41H2,1-2H3/b13-11-,19-17-,22-21-,28-26-. The molecule has 0 radical (unpaired) electrons. The monoisotopic (exact) mass is 587 g/mol. The first-order valence-corrected chi connectivity index (χ1v) is 18.4. The van der Waals surface area contributed by atoms with Crippen LogP contribution >= 0.6 is 0 Å². The van der Waals surface area contributed by atoms with Crippen LogP contribution in [0, 0.1) is 0 Å². The van der Waals surface area contributed by atoms with Gasteiger partial charge in [-0.2, -0.15) is 0 Å². The van der Waals surface area contributed by atoms with E-state index in [1.54, 1.807) is 0 Å². The van der Waals surface area contributed by atoms with Crippen LogP contribution in [0.3, 0.4) is 0 Å². The highest BCUT2D eigenvalue weighted by atomic mass is 16.3. The third kappa shape index (κ3) is 27.7. The maximum absolute atomic E-state index is 9.98. The van der Waals surface area contributed by atoms with Crippen molar-refractivity contribution >= 4 is 0 Å². The highest BCUT2D eigenvalue weighted by Crippen LogP contribution is 2.20. The average molecular weight is 587 g/mol. The molecule has 0 bridgehead atoms. The van der Waals surface area contributed by atoms with Crippen molar-refractivity contribution in [2.45, 2.75) is 192 Å². The number of nitrogens with two attached hydrogens (primary N) is 2. The van der Waals surface area contributed by atoms with Crippen molar-refractivity contribution in [3.8, 4) is 0 Å². The molecule has 0 aromatic heterocycles. The van der Waals surface area contributed by atoms with E-state index in [9.17, 15) is 5.11 Å². The molecule has 0 aromatic carbocycles. The summed E-state index contributed by atoms with van der Waals surface area (Å²) in [6, 6.07) is -0.114. The first-order chi connectivity index (χ1) is 20.6. The number of allylic oxidation sites excluding steroid dienone is 8. The van der Waals surface area contributed by atoms with Crippen molar-refractivity contribution in [1.82, 2.24) is 0 Å².